The quantitative estimate of drug-likeness (QED) is 0.603. The highest BCUT2D eigenvalue weighted by Gasteiger charge is 2.24. The van der Waals surface area contributed by atoms with Gasteiger partial charge in [-0.2, -0.15) is 5.26 Å². The maximum Gasteiger partial charge on any atom is 0.219 e. The number of nitrogens with one attached hydrogen (secondary N) is 1. The third-order valence-corrected chi connectivity index (χ3v) is 4.92. The summed E-state index contributed by atoms with van der Waals surface area (Å²) in [5, 5.41) is 8.89. The molecular formula is C24H22N2O3. The van der Waals surface area contributed by atoms with Crippen LogP contribution in [0.25, 0.3) is 11.1 Å². The van der Waals surface area contributed by atoms with Gasteiger partial charge in [0.25, 0.3) is 0 Å². The van der Waals surface area contributed by atoms with Crippen molar-refractivity contribution in [3.63, 3.8) is 0 Å². The van der Waals surface area contributed by atoms with E-state index in [1.54, 1.807) is 32.9 Å². The molecule has 29 heavy (non-hydrogen) atoms. The minimum atomic E-state index is -0.702. The number of benzene rings is 2. The predicted octanol–water partition coefficient (Wildman–Crippen LogP) is 5.02. The van der Waals surface area contributed by atoms with Crippen LogP contribution in [0.1, 0.15) is 51.5 Å². The van der Waals surface area contributed by atoms with E-state index in [9.17, 15) is 9.59 Å². The van der Waals surface area contributed by atoms with Crippen molar-refractivity contribution in [2.45, 2.75) is 33.8 Å². The first-order valence-electron chi connectivity index (χ1n) is 9.33. The Balaban J connectivity index is 1.74. The molecule has 3 aromatic rings. The lowest BCUT2D eigenvalue weighted by Gasteiger charge is -2.14. The molecule has 0 aliphatic heterocycles. The Bertz CT molecular complexity index is 1100. The molecule has 0 spiro atoms. The number of aryl methyl sites for hydroxylation is 1. The fourth-order valence-corrected chi connectivity index (χ4v) is 3.45. The first kappa shape index (κ1) is 20.1. The third-order valence-electron chi connectivity index (χ3n) is 4.92. The van der Waals surface area contributed by atoms with E-state index >= 15 is 0 Å². The van der Waals surface area contributed by atoms with E-state index in [-0.39, 0.29) is 11.6 Å². The lowest BCUT2D eigenvalue weighted by atomic mass is 10.0. The predicted molar refractivity (Wildman–Crippen MR) is 111 cm³/mol. The van der Waals surface area contributed by atoms with E-state index < -0.39 is 6.10 Å². The number of hydrogen-bond donors (Lipinski definition) is 1. The number of nitrogens with zero attached hydrogens (tertiary/aromatic N) is 1. The van der Waals surface area contributed by atoms with Crippen LogP contribution in [0.5, 0.6) is 5.75 Å². The van der Waals surface area contributed by atoms with Gasteiger partial charge in [0.15, 0.2) is 11.9 Å². The van der Waals surface area contributed by atoms with E-state index in [0.717, 1.165) is 11.1 Å². The first-order chi connectivity index (χ1) is 13.8. The Kier molecular flexibility index (Phi) is 5.65. The molecule has 5 nitrogen and oxygen atoms in total. The van der Waals surface area contributed by atoms with Crippen molar-refractivity contribution in [2.24, 2.45) is 0 Å². The third kappa shape index (κ3) is 4.12. The lowest BCUT2D eigenvalue weighted by molar-refractivity contribution is 0.0812. The molecule has 0 bridgehead atoms. The fraction of sp³-hybridized carbons (Fsp3) is 0.208. The van der Waals surface area contributed by atoms with Gasteiger partial charge in [-0.05, 0) is 68.7 Å². The smallest absolute Gasteiger partial charge is 0.219 e. The van der Waals surface area contributed by atoms with E-state index in [0.29, 0.717) is 33.8 Å². The number of nitriles is 1. The molecule has 0 radical (unpaired) electrons. The summed E-state index contributed by atoms with van der Waals surface area (Å²) in [5.41, 5.74) is 4.92. The van der Waals surface area contributed by atoms with Crippen LogP contribution in [0.3, 0.4) is 0 Å². The van der Waals surface area contributed by atoms with Crippen LogP contribution in [0.2, 0.25) is 0 Å². The first-order valence-corrected chi connectivity index (χ1v) is 9.33. The van der Waals surface area contributed by atoms with Gasteiger partial charge in [-0.1, -0.05) is 24.3 Å². The summed E-state index contributed by atoms with van der Waals surface area (Å²) in [6, 6.07) is 16.9. The monoisotopic (exact) mass is 386 g/mol. The van der Waals surface area contributed by atoms with Gasteiger partial charge in [0.1, 0.15) is 5.75 Å². The van der Waals surface area contributed by atoms with Crippen LogP contribution in [0.4, 0.5) is 0 Å². The van der Waals surface area contributed by atoms with Gasteiger partial charge >= 0.3 is 0 Å². The molecule has 5 heteroatoms. The van der Waals surface area contributed by atoms with Gasteiger partial charge in [-0.15, -0.1) is 0 Å². The number of aromatic amines is 1. The molecule has 0 aliphatic carbocycles. The van der Waals surface area contributed by atoms with Crippen molar-refractivity contribution in [3.8, 4) is 22.9 Å². The average molecular weight is 386 g/mol. The average Bonchev–Trinajstić information content (AvgIpc) is 3.02. The summed E-state index contributed by atoms with van der Waals surface area (Å²) in [6.45, 7) is 6.74. The Morgan fingerprint density at radius 2 is 1.55 bits per heavy atom. The van der Waals surface area contributed by atoms with Gasteiger partial charge in [-0.3, -0.25) is 9.59 Å². The number of H-pyrrole nitrogens is 1. The number of ketones is 2. The molecule has 146 valence electrons. The van der Waals surface area contributed by atoms with Crippen molar-refractivity contribution >= 4 is 11.6 Å². The maximum absolute atomic E-state index is 12.8. The summed E-state index contributed by atoms with van der Waals surface area (Å²) in [7, 11) is 0. The van der Waals surface area contributed by atoms with Crippen LogP contribution in [0, 0.1) is 25.2 Å². The zero-order valence-electron chi connectivity index (χ0n) is 16.9. The number of hydrogen-bond acceptors (Lipinski definition) is 4. The van der Waals surface area contributed by atoms with Crippen LogP contribution >= 0.6 is 0 Å². The molecular weight excluding hydrogens is 364 g/mol. The molecule has 0 aliphatic rings. The Hall–Kier alpha value is -3.65. The van der Waals surface area contributed by atoms with Crippen molar-refractivity contribution in [2.75, 3.05) is 0 Å². The van der Waals surface area contributed by atoms with Gasteiger partial charge in [0, 0.05) is 11.3 Å². The number of aromatic nitrogens is 1. The highest BCUT2D eigenvalue weighted by molar-refractivity contribution is 6.04. The zero-order valence-corrected chi connectivity index (χ0v) is 16.9. The number of ether oxygens (including phenoxy) is 1. The van der Waals surface area contributed by atoms with Crippen molar-refractivity contribution in [3.05, 3.63) is 76.6 Å². The number of rotatable bonds is 6. The van der Waals surface area contributed by atoms with Gasteiger partial charge in [-0.25, -0.2) is 0 Å². The van der Waals surface area contributed by atoms with E-state index in [2.05, 4.69) is 11.1 Å². The lowest BCUT2D eigenvalue weighted by Crippen LogP contribution is -2.25. The van der Waals surface area contributed by atoms with Gasteiger partial charge in [0.05, 0.1) is 17.3 Å². The largest absolute Gasteiger partial charge is 0.483 e. The second kappa shape index (κ2) is 8.15. The highest BCUT2D eigenvalue weighted by Crippen LogP contribution is 2.25. The topological polar surface area (TPSA) is 82.9 Å². The van der Waals surface area contributed by atoms with Gasteiger partial charge in [0.2, 0.25) is 5.78 Å². The van der Waals surface area contributed by atoms with Crippen LogP contribution in [-0.4, -0.2) is 22.7 Å². The molecule has 0 saturated heterocycles. The van der Waals surface area contributed by atoms with Crippen molar-refractivity contribution in [1.82, 2.24) is 4.98 Å². The molecule has 1 atom stereocenters. The summed E-state index contributed by atoms with van der Waals surface area (Å²) < 4.78 is 5.82. The molecule has 1 unspecified atom stereocenters. The zero-order chi connectivity index (χ0) is 21.1. The number of carbonyl (C=O) groups excluding carboxylic acids is 2. The van der Waals surface area contributed by atoms with Crippen LogP contribution in [-0.2, 0) is 0 Å². The van der Waals surface area contributed by atoms with Crippen molar-refractivity contribution in [1.29, 1.82) is 5.26 Å². The normalized spacial score (nSPS) is 11.6. The van der Waals surface area contributed by atoms with E-state index in [1.807, 2.05) is 36.4 Å². The number of Topliss-reactive ketones (excluding diaryl/α,β-unsaturated/α-hetero) is 2. The minimum absolute atomic E-state index is 0.0673. The molecule has 0 fully saturated rings. The summed E-state index contributed by atoms with van der Waals surface area (Å²) in [4.78, 5) is 27.6. The Morgan fingerprint density at radius 3 is 2.03 bits per heavy atom. The number of carbonyl (C=O) groups is 2. The van der Waals surface area contributed by atoms with Crippen LogP contribution < -0.4 is 4.74 Å². The summed E-state index contributed by atoms with van der Waals surface area (Å²) in [6.07, 6.45) is -0.702. The van der Waals surface area contributed by atoms with Crippen LogP contribution in [0.15, 0.2) is 48.5 Å². The van der Waals surface area contributed by atoms with E-state index in [1.165, 1.54) is 6.92 Å². The minimum Gasteiger partial charge on any atom is -0.483 e. The second-order valence-electron chi connectivity index (χ2n) is 7.02. The summed E-state index contributed by atoms with van der Waals surface area (Å²) in [5.74, 6) is 0.312. The molecule has 0 saturated carbocycles. The Labute approximate surface area is 170 Å². The summed E-state index contributed by atoms with van der Waals surface area (Å²) >= 11 is 0. The molecule has 1 heterocycles. The second-order valence-corrected chi connectivity index (χ2v) is 7.02. The standard InChI is InChI=1S/C24H22N2O3/c1-14-22(16(3)27)15(2)26-23(14)24(28)17(4)29-21-11-9-20(10-12-21)19-7-5-18(13-25)6-8-19/h5-12,17,26H,1-4H3. The fourth-order valence-electron chi connectivity index (χ4n) is 3.45. The highest BCUT2D eigenvalue weighted by atomic mass is 16.5. The molecule has 0 amide bonds. The van der Waals surface area contributed by atoms with Crippen molar-refractivity contribution < 1.29 is 14.3 Å². The molecule has 1 aromatic heterocycles. The molecule has 2 aromatic carbocycles. The Morgan fingerprint density at radius 1 is 1.00 bits per heavy atom. The SMILES string of the molecule is CC(=O)c1c(C)[nH]c(C(=O)C(C)Oc2ccc(-c3ccc(C#N)cc3)cc2)c1C. The maximum atomic E-state index is 12.8. The van der Waals surface area contributed by atoms with Gasteiger partial charge < -0.3 is 9.72 Å². The molecule has 1 N–H and O–H groups in total. The molecule has 3 rings (SSSR count). The van der Waals surface area contributed by atoms with E-state index in [4.69, 9.17) is 10.00 Å².